The molecule has 7 heteroatoms. The molecule has 0 aromatic heterocycles. The van der Waals surface area contributed by atoms with Crippen molar-refractivity contribution < 1.29 is 19.7 Å². The molecule has 0 radical (unpaired) electrons. The van der Waals surface area contributed by atoms with Crippen LogP contribution in [0, 0.1) is 11.3 Å². The average Bonchev–Trinajstić information content (AvgIpc) is 2.95. The fourth-order valence-corrected chi connectivity index (χ4v) is 3.56. The van der Waals surface area contributed by atoms with Gasteiger partial charge in [-0.25, -0.2) is 0 Å². The van der Waals surface area contributed by atoms with Gasteiger partial charge in [0, 0.05) is 13.1 Å². The Hall–Kier alpha value is -1.08. The van der Waals surface area contributed by atoms with Crippen molar-refractivity contribution in [1.82, 2.24) is 4.90 Å². The maximum absolute atomic E-state index is 12.4. The maximum Gasteiger partial charge on any atom is 0.309 e. The van der Waals surface area contributed by atoms with Crippen LogP contribution in [-0.4, -0.2) is 53.0 Å². The van der Waals surface area contributed by atoms with Crippen LogP contribution < -0.4 is 5.73 Å². The molecule has 0 heterocycles. The molecule has 138 valence electrons. The molecule has 1 fully saturated rings. The van der Waals surface area contributed by atoms with Crippen LogP contribution in [0.15, 0.2) is 0 Å². The summed E-state index contributed by atoms with van der Waals surface area (Å²) in [4.78, 5) is 25.9. The number of carboxylic acids is 1. The highest BCUT2D eigenvalue weighted by molar-refractivity contribution is 6.48. The number of hydrogen-bond acceptors (Lipinski definition) is 4. The van der Waals surface area contributed by atoms with E-state index in [0.29, 0.717) is 32.0 Å². The molecule has 1 rings (SSSR count). The summed E-state index contributed by atoms with van der Waals surface area (Å²) in [5, 5.41) is 19.0. The van der Waals surface area contributed by atoms with Gasteiger partial charge in [-0.05, 0) is 37.9 Å². The molecule has 0 saturated heterocycles. The van der Waals surface area contributed by atoms with E-state index in [4.69, 9.17) is 5.73 Å². The first-order chi connectivity index (χ1) is 11.1. The summed E-state index contributed by atoms with van der Waals surface area (Å²) >= 11 is 0. The highest BCUT2D eigenvalue weighted by Crippen LogP contribution is 2.44. The molecular weight excluding hydrogens is 307 g/mol. The smallest absolute Gasteiger partial charge is 0.309 e. The number of nitrogens with zero attached hydrogens (tertiary/aromatic N) is 1. The average molecular weight is 340 g/mol. The Balaban J connectivity index is 2.66. The number of nitrogens with two attached hydrogens (primary N) is 1. The zero-order valence-electron chi connectivity index (χ0n) is 15.5. The second-order valence-corrected chi connectivity index (χ2v) is 7.80. The molecule has 0 aromatic rings. The molecule has 0 bridgehead atoms. The Labute approximate surface area is 145 Å². The molecule has 3 atom stereocenters. The van der Waals surface area contributed by atoms with Gasteiger partial charge in [0.1, 0.15) is 0 Å². The summed E-state index contributed by atoms with van der Waals surface area (Å²) in [5.41, 5.74) is 5.20. The third-order valence-corrected chi connectivity index (χ3v) is 5.46. The predicted molar refractivity (Wildman–Crippen MR) is 95.8 cm³/mol. The SMILES string of the molecule is CB(O)CCCC[C@]1(C(=O)O)CC[C@H](N(C)C(=O)[C@@H](N)C(C)C)C1. The van der Waals surface area contributed by atoms with Crippen molar-refractivity contribution in [1.29, 1.82) is 0 Å². The molecule has 1 aliphatic rings. The van der Waals surface area contributed by atoms with Crippen LogP contribution in [-0.2, 0) is 9.59 Å². The van der Waals surface area contributed by atoms with Gasteiger partial charge in [0.25, 0.3) is 6.92 Å². The first-order valence-electron chi connectivity index (χ1n) is 9.04. The molecule has 1 aliphatic carbocycles. The van der Waals surface area contributed by atoms with Crippen LogP contribution >= 0.6 is 0 Å². The second-order valence-electron chi connectivity index (χ2n) is 7.80. The minimum absolute atomic E-state index is 0.0600. The molecule has 24 heavy (non-hydrogen) atoms. The van der Waals surface area contributed by atoms with E-state index in [1.54, 1.807) is 18.8 Å². The third-order valence-electron chi connectivity index (χ3n) is 5.46. The Morgan fingerprint density at radius 3 is 2.50 bits per heavy atom. The fraction of sp³-hybridized carbons (Fsp3) is 0.882. The van der Waals surface area contributed by atoms with Crippen LogP contribution in [0.3, 0.4) is 0 Å². The standard InChI is InChI=1S/C17H33BN2O4/c1-12(2)14(19)15(21)20(4)13-7-9-17(11-13,16(22)23)8-5-6-10-18(3)24/h12-14,24H,5-11,19H2,1-4H3,(H,22,23)/t13-,14-,17-/m0/s1. The van der Waals surface area contributed by atoms with E-state index in [0.717, 1.165) is 12.8 Å². The molecule has 0 aromatic carbocycles. The molecule has 0 aliphatic heterocycles. The van der Waals surface area contributed by atoms with Crippen LogP contribution in [0.1, 0.15) is 52.4 Å². The van der Waals surface area contributed by atoms with Crippen molar-refractivity contribution in [2.24, 2.45) is 17.1 Å². The summed E-state index contributed by atoms with van der Waals surface area (Å²) in [6, 6.07) is -0.601. The van der Waals surface area contributed by atoms with Crippen molar-refractivity contribution >= 4 is 18.8 Å². The van der Waals surface area contributed by atoms with E-state index in [9.17, 15) is 19.7 Å². The second kappa shape index (κ2) is 8.86. The van der Waals surface area contributed by atoms with Crippen LogP contribution in [0.5, 0.6) is 0 Å². The minimum atomic E-state index is -0.768. The largest absolute Gasteiger partial charge is 0.481 e. The number of hydrogen-bond donors (Lipinski definition) is 3. The van der Waals surface area contributed by atoms with E-state index >= 15 is 0 Å². The predicted octanol–water partition coefficient (Wildman–Crippen LogP) is 1.84. The molecule has 6 nitrogen and oxygen atoms in total. The summed E-state index contributed by atoms with van der Waals surface area (Å²) in [5.74, 6) is -0.813. The van der Waals surface area contributed by atoms with Crippen LogP contribution in [0.25, 0.3) is 0 Å². The van der Waals surface area contributed by atoms with Crippen LogP contribution in [0.4, 0.5) is 0 Å². The lowest BCUT2D eigenvalue weighted by molar-refractivity contribution is -0.150. The topological polar surface area (TPSA) is 104 Å². The number of rotatable bonds is 9. The van der Waals surface area contributed by atoms with Gasteiger partial charge in [0.15, 0.2) is 0 Å². The first-order valence-corrected chi connectivity index (χ1v) is 9.04. The summed E-state index contributed by atoms with van der Waals surface area (Å²) in [6.45, 7) is 5.23. The van der Waals surface area contributed by atoms with Crippen molar-refractivity contribution in [3.8, 4) is 0 Å². The number of carboxylic acid groups (broad SMARTS) is 1. The van der Waals surface area contributed by atoms with E-state index in [1.807, 2.05) is 13.8 Å². The Morgan fingerprint density at radius 2 is 2.00 bits per heavy atom. The fourth-order valence-electron chi connectivity index (χ4n) is 3.56. The molecule has 0 spiro atoms. The quantitative estimate of drug-likeness (QED) is 0.439. The number of likely N-dealkylation sites (N-methyl/N-ethyl adjacent to an activating group) is 1. The first kappa shape index (κ1) is 21.0. The number of carbonyl (C=O) groups excluding carboxylic acids is 1. The number of carbonyl (C=O) groups is 2. The maximum atomic E-state index is 12.4. The van der Waals surface area contributed by atoms with Crippen molar-refractivity contribution in [3.05, 3.63) is 0 Å². The van der Waals surface area contributed by atoms with Crippen molar-refractivity contribution in [2.45, 2.75) is 77.6 Å². The van der Waals surface area contributed by atoms with Gasteiger partial charge in [0.2, 0.25) is 5.91 Å². The van der Waals surface area contributed by atoms with E-state index < -0.39 is 17.4 Å². The van der Waals surface area contributed by atoms with E-state index in [1.165, 1.54) is 0 Å². The highest BCUT2D eigenvalue weighted by atomic mass is 16.4. The monoisotopic (exact) mass is 340 g/mol. The Kier molecular flexibility index (Phi) is 7.74. The Bertz CT molecular complexity index is 444. The minimum Gasteiger partial charge on any atom is -0.481 e. The van der Waals surface area contributed by atoms with Gasteiger partial charge in [0.05, 0.1) is 11.5 Å². The zero-order chi connectivity index (χ0) is 18.5. The highest BCUT2D eigenvalue weighted by Gasteiger charge is 2.47. The van der Waals surface area contributed by atoms with Gasteiger partial charge in [-0.3, -0.25) is 9.59 Å². The Morgan fingerprint density at radius 1 is 1.38 bits per heavy atom. The zero-order valence-corrected chi connectivity index (χ0v) is 15.5. The number of amides is 1. The van der Waals surface area contributed by atoms with Gasteiger partial charge in [-0.2, -0.15) is 0 Å². The third kappa shape index (κ3) is 5.21. The van der Waals surface area contributed by atoms with Gasteiger partial charge in [-0.15, -0.1) is 0 Å². The molecule has 4 N–H and O–H groups in total. The normalized spacial score (nSPS) is 24.9. The summed E-state index contributed by atoms with van der Waals surface area (Å²) in [6.07, 6.45) is 4.69. The van der Waals surface area contributed by atoms with Crippen molar-refractivity contribution in [3.63, 3.8) is 0 Å². The van der Waals surface area contributed by atoms with E-state index in [-0.39, 0.29) is 24.8 Å². The van der Waals surface area contributed by atoms with Gasteiger partial charge >= 0.3 is 5.97 Å². The van der Waals surface area contributed by atoms with Gasteiger partial charge < -0.3 is 20.8 Å². The number of unbranched alkanes of at least 4 members (excludes halogenated alkanes) is 1. The summed E-state index contributed by atoms with van der Waals surface area (Å²) in [7, 11) is 1.74. The molecule has 1 amide bonds. The summed E-state index contributed by atoms with van der Waals surface area (Å²) < 4.78 is 0. The van der Waals surface area contributed by atoms with Crippen LogP contribution in [0.2, 0.25) is 13.1 Å². The van der Waals surface area contributed by atoms with E-state index in [2.05, 4.69) is 0 Å². The molecular formula is C17H33BN2O4. The lowest BCUT2D eigenvalue weighted by atomic mass is 9.66. The lowest BCUT2D eigenvalue weighted by Crippen LogP contribution is -2.48. The molecule has 1 saturated carbocycles. The lowest BCUT2D eigenvalue weighted by Gasteiger charge is -2.30. The van der Waals surface area contributed by atoms with Crippen molar-refractivity contribution in [2.75, 3.05) is 7.05 Å². The molecule has 0 unspecified atom stereocenters. The number of aliphatic carboxylic acids is 1. The van der Waals surface area contributed by atoms with Gasteiger partial charge in [-0.1, -0.05) is 33.5 Å².